The number of sulfonamides is 1. The third-order valence-corrected chi connectivity index (χ3v) is 5.51. The molecule has 4 nitrogen and oxygen atoms in total. The lowest BCUT2D eigenvalue weighted by Crippen LogP contribution is -2.35. The molecule has 0 amide bonds. The van der Waals surface area contributed by atoms with Crippen molar-refractivity contribution in [3.63, 3.8) is 0 Å². The molecule has 2 rings (SSSR count). The van der Waals surface area contributed by atoms with Crippen molar-refractivity contribution in [1.82, 2.24) is 4.72 Å². The van der Waals surface area contributed by atoms with Crippen molar-refractivity contribution in [1.29, 1.82) is 0 Å². The molecule has 1 atom stereocenters. The van der Waals surface area contributed by atoms with Crippen LogP contribution >= 0.6 is 11.8 Å². The van der Waals surface area contributed by atoms with E-state index >= 15 is 0 Å². The van der Waals surface area contributed by atoms with Gasteiger partial charge in [0.1, 0.15) is 4.90 Å². The Bertz CT molecular complexity index is 572. The number of thioether (sulfide) groups is 1. The van der Waals surface area contributed by atoms with Crippen LogP contribution in [-0.4, -0.2) is 26.0 Å². The molecule has 1 saturated heterocycles. The molecule has 1 aliphatic rings. The molecule has 0 radical (unpaired) electrons. The van der Waals surface area contributed by atoms with E-state index in [1.165, 1.54) is 0 Å². The number of rotatable bonds is 4. The predicted molar refractivity (Wildman–Crippen MR) is 70.3 cm³/mol. The molecular weight excluding hydrogens is 294 g/mol. The highest BCUT2D eigenvalue weighted by Crippen LogP contribution is 2.23. The normalized spacial score (nSPS) is 19.8. The van der Waals surface area contributed by atoms with Crippen LogP contribution in [0.2, 0.25) is 0 Å². The second-order valence-corrected chi connectivity index (χ2v) is 7.11. The summed E-state index contributed by atoms with van der Waals surface area (Å²) in [7, 11) is -4.06. The summed E-state index contributed by atoms with van der Waals surface area (Å²) in [6.07, 6.45) is 0.685. The molecule has 0 bridgehead atoms. The summed E-state index contributed by atoms with van der Waals surface area (Å²) < 4.78 is 53.5. The Kier molecular flexibility index (Phi) is 4.44. The third kappa shape index (κ3) is 3.25. The van der Waals surface area contributed by atoms with Crippen LogP contribution in [0, 0.1) is 11.6 Å². The monoisotopic (exact) mass is 308 g/mol. The smallest absolute Gasteiger partial charge is 0.243 e. The summed E-state index contributed by atoms with van der Waals surface area (Å²) >= 11 is 1.62. The number of nitrogens with two attached hydrogens (primary N) is 1. The van der Waals surface area contributed by atoms with E-state index in [0.29, 0.717) is 12.2 Å². The standard InChI is InChI=1S/C11H14F2N2O2S2/c12-9-3-7(5-14)4-10(11(9)13)19(16,17)15-8-1-2-18-6-8/h3-4,8,15H,1-2,5-6,14H2. The van der Waals surface area contributed by atoms with Crippen LogP contribution in [0.1, 0.15) is 12.0 Å². The summed E-state index contributed by atoms with van der Waals surface area (Å²) in [5, 5.41) is 0. The van der Waals surface area contributed by atoms with Gasteiger partial charge in [-0.3, -0.25) is 0 Å². The number of halogens is 2. The van der Waals surface area contributed by atoms with Gasteiger partial charge >= 0.3 is 0 Å². The Hall–Kier alpha value is -0.700. The van der Waals surface area contributed by atoms with Gasteiger partial charge in [0.05, 0.1) is 0 Å². The number of hydrogen-bond donors (Lipinski definition) is 2. The second-order valence-electron chi connectivity index (χ2n) is 4.28. The fraction of sp³-hybridized carbons (Fsp3) is 0.455. The molecule has 1 aromatic rings. The highest BCUT2D eigenvalue weighted by molar-refractivity contribution is 7.99. The lowest BCUT2D eigenvalue weighted by atomic mass is 10.2. The van der Waals surface area contributed by atoms with Crippen molar-refractivity contribution in [2.24, 2.45) is 5.73 Å². The zero-order valence-electron chi connectivity index (χ0n) is 10.0. The first-order valence-electron chi connectivity index (χ1n) is 5.72. The minimum atomic E-state index is -4.06. The van der Waals surface area contributed by atoms with Crippen LogP contribution in [0.3, 0.4) is 0 Å². The van der Waals surface area contributed by atoms with Crippen molar-refractivity contribution < 1.29 is 17.2 Å². The second kappa shape index (κ2) is 5.74. The van der Waals surface area contributed by atoms with Gasteiger partial charge in [-0.15, -0.1) is 0 Å². The minimum absolute atomic E-state index is 0.0565. The molecule has 1 aromatic carbocycles. The van der Waals surface area contributed by atoms with Gasteiger partial charge in [-0.05, 0) is 29.9 Å². The van der Waals surface area contributed by atoms with Crippen LogP contribution in [0.5, 0.6) is 0 Å². The van der Waals surface area contributed by atoms with Gasteiger partial charge in [0, 0.05) is 18.3 Å². The van der Waals surface area contributed by atoms with Crippen LogP contribution in [-0.2, 0) is 16.6 Å². The lowest BCUT2D eigenvalue weighted by Gasteiger charge is -2.13. The first-order valence-corrected chi connectivity index (χ1v) is 8.36. The Balaban J connectivity index is 2.36. The maximum Gasteiger partial charge on any atom is 0.243 e. The number of nitrogens with one attached hydrogen (secondary N) is 1. The van der Waals surface area contributed by atoms with Crippen molar-refractivity contribution in [2.45, 2.75) is 23.9 Å². The fourth-order valence-electron chi connectivity index (χ4n) is 1.84. The SMILES string of the molecule is NCc1cc(F)c(F)c(S(=O)(=O)NC2CCSC2)c1. The molecule has 106 valence electrons. The molecule has 1 aliphatic heterocycles. The number of benzene rings is 1. The molecule has 1 heterocycles. The summed E-state index contributed by atoms with van der Waals surface area (Å²) in [6.45, 7) is -0.0565. The lowest BCUT2D eigenvalue weighted by molar-refractivity contribution is 0.479. The summed E-state index contributed by atoms with van der Waals surface area (Å²) in [4.78, 5) is -0.676. The largest absolute Gasteiger partial charge is 0.326 e. The van der Waals surface area contributed by atoms with Gasteiger partial charge in [-0.25, -0.2) is 21.9 Å². The first kappa shape index (κ1) is 14.7. The van der Waals surface area contributed by atoms with E-state index in [-0.39, 0.29) is 18.2 Å². The van der Waals surface area contributed by atoms with E-state index in [0.717, 1.165) is 17.9 Å². The minimum Gasteiger partial charge on any atom is -0.326 e. The maximum atomic E-state index is 13.6. The van der Waals surface area contributed by atoms with Crippen molar-refractivity contribution in [3.05, 3.63) is 29.3 Å². The van der Waals surface area contributed by atoms with Gasteiger partial charge in [0.25, 0.3) is 0 Å². The Labute approximate surface area is 114 Å². The highest BCUT2D eigenvalue weighted by Gasteiger charge is 2.27. The molecule has 8 heteroatoms. The molecule has 0 aliphatic carbocycles. The maximum absolute atomic E-state index is 13.6. The van der Waals surface area contributed by atoms with Crippen molar-refractivity contribution >= 4 is 21.8 Å². The summed E-state index contributed by atoms with van der Waals surface area (Å²) in [5.41, 5.74) is 5.57. The van der Waals surface area contributed by atoms with Crippen LogP contribution < -0.4 is 10.5 Å². The van der Waals surface area contributed by atoms with E-state index in [2.05, 4.69) is 4.72 Å². The zero-order chi connectivity index (χ0) is 14.0. The topological polar surface area (TPSA) is 72.2 Å². The predicted octanol–water partition coefficient (Wildman–Crippen LogP) is 1.21. The van der Waals surface area contributed by atoms with Gasteiger partial charge in [0.2, 0.25) is 10.0 Å². The third-order valence-electron chi connectivity index (χ3n) is 2.83. The zero-order valence-corrected chi connectivity index (χ0v) is 11.7. The van der Waals surface area contributed by atoms with E-state index < -0.39 is 26.6 Å². The van der Waals surface area contributed by atoms with E-state index in [4.69, 9.17) is 5.73 Å². The summed E-state index contributed by atoms with van der Waals surface area (Å²) in [5.74, 6) is -1.08. The summed E-state index contributed by atoms with van der Waals surface area (Å²) in [6, 6.07) is 1.74. The molecule has 0 aromatic heterocycles. The van der Waals surface area contributed by atoms with E-state index in [9.17, 15) is 17.2 Å². The number of hydrogen-bond acceptors (Lipinski definition) is 4. The van der Waals surface area contributed by atoms with Gasteiger partial charge < -0.3 is 5.73 Å². The highest BCUT2D eigenvalue weighted by atomic mass is 32.2. The first-order chi connectivity index (χ1) is 8.94. The molecule has 19 heavy (non-hydrogen) atoms. The van der Waals surface area contributed by atoms with E-state index in [1.807, 2.05) is 0 Å². The van der Waals surface area contributed by atoms with Crippen LogP contribution in [0.25, 0.3) is 0 Å². The fourth-order valence-corrected chi connectivity index (χ4v) is 4.51. The van der Waals surface area contributed by atoms with Crippen molar-refractivity contribution in [2.75, 3.05) is 11.5 Å². The molecule has 0 saturated carbocycles. The van der Waals surface area contributed by atoms with Crippen LogP contribution in [0.15, 0.2) is 17.0 Å². The average molecular weight is 308 g/mol. The van der Waals surface area contributed by atoms with Crippen molar-refractivity contribution in [3.8, 4) is 0 Å². The molecule has 0 spiro atoms. The Morgan fingerprint density at radius 2 is 2.16 bits per heavy atom. The average Bonchev–Trinajstić information content (AvgIpc) is 2.84. The Morgan fingerprint density at radius 1 is 1.42 bits per heavy atom. The van der Waals surface area contributed by atoms with Crippen LogP contribution in [0.4, 0.5) is 8.78 Å². The Morgan fingerprint density at radius 3 is 2.74 bits per heavy atom. The molecule has 1 fully saturated rings. The van der Waals surface area contributed by atoms with E-state index in [1.54, 1.807) is 11.8 Å². The quantitative estimate of drug-likeness (QED) is 0.877. The molecular formula is C11H14F2N2O2S2. The molecule has 1 unspecified atom stereocenters. The molecule has 3 N–H and O–H groups in total. The van der Waals surface area contributed by atoms with Gasteiger partial charge in [-0.1, -0.05) is 0 Å². The van der Waals surface area contributed by atoms with Gasteiger partial charge in [0.15, 0.2) is 11.6 Å². The van der Waals surface area contributed by atoms with Gasteiger partial charge in [-0.2, -0.15) is 11.8 Å².